The molecule has 2 aromatic heterocycles. The SMILES string of the molecule is CC(F)(F)c1sc2cncn2c1C(O)C1(c2ccc(OCCCO)c(Cl)c2)C=NN=N1. The molecular weight excluding hydrogens is 452 g/mol. The third-order valence-electron chi connectivity index (χ3n) is 4.85. The largest absolute Gasteiger partial charge is 0.492 e. The van der Waals surface area contributed by atoms with Gasteiger partial charge in [0, 0.05) is 20.0 Å². The maximum atomic E-state index is 14.4. The molecule has 31 heavy (non-hydrogen) atoms. The van der Waals surface area contributed by atoms with Gasteiger partial charge < -0.3 is 14.9 Å². The molecule has 0 bridgehead atoms. The van der Waals surface area contributed by atoms with Crippen LogP contribution in [-0.4, -0.2) is 39.0 Å². The summed E-state index contributed by atoms with van der Waals surface area (Å²) in [6, 6.07) is 4.72. The van der Waals surface area contributed by atoms with E-state index in [-0.39, 0.29) is 28.8 Å². The van der Waals surface area contributed by atoms with Crippen LogP contribution in [0, 0.1) is 0 Å². The van der Waals surface area contributed by atoms with Crippen molar-refractivity contribution in [2.75, 3.05) is 13.2 Å². The summed E-state index contributed by atoms with van der Waals surface area (Å²) in [6.07, 6.45) is 3.00. The Morgan fingerprint density at radius 1 is 1.39 bits per heavy atom. The van der Waals surface area contributed by atoms with Crippen molar-refractivity contribution in [3.63, 3.8) is 0 Å². The average Bonchev–Trinajstić information content (AvgIpc) is 3.44. The Bertz CT molecular complexity index is 1150. The van der Waals surface area contributed by atoms with E-state index in [1.54, 1.807) is 12.1 Å². The van der Waals surface area contributed by atoms with Crippen LogP contribution in [0.15, 0.2) is 46.2 Å². The highest BCUT2D eigenvalue weighted by Crippen LogP contribution is 2.47. The summed E-state index contributed by atoms with van der Waals surface area (Å²) in [5.41, 5.74) is -1.21. The molecule has 0 amide bonds. The molecule has 1 aliphatic heterocycles. The molecule has 2 atom stereocenters. The van der Waals surface area contributed by atoms with Crippen LogP contribution in [0.2, 0.25) is 5.02 Å². The van der Waals surface area contributed by atoms with Gasteiger partial charge in [-0.1, -0.05) is 17.7 Å². The number of benzene rings is 1. The lowest BCUT2D eigenvalue weighted by atomic mass is 9.84. The van der Waals surface area contributed by atoms with E-state index in [1.807, 2.05) is 0 Å². The van der Waals surface area contributed by atoms with E-state index in [2.05, 4.69) is 20.4 Å². The van der Waals surface area contributed by atoms with Crippen LogP contribution in [0.25, 0.3) is 4.83 Å². The van der Waals surface area contributed by atoms with Crippen molar-refractivity contribution in [2.45, 2.75) is 30.9 Å². The molecule has 0 aliphatic carbocycles. The summed E-state index contributed by atoms with van der Waals surface area (Å²) in [7, 11) is 0. The van der Waals surface area contributed by atoms with Gasteiger partial charge in [0.2, 0.25) is 0 Å². The molecule has 0 saturated heterocycles. The van der Waals surface area contributed by atoms with Gasteiger partial charge in [-0.15, -0.1) is 21.6 Å². The summed E-state index contributed by atoms with van der Waals surface area (Å²) in [5.74, 6) is -2.82. The Balaban J connectivity index is 1.79. The first-order valence-corrected chi connectivity index (χ1v) is 10.5. The van der Waals surface area contributed by atoms with E-state index in [4.69, 9.17) is 21.4 Å². The maximum absolute atomic E-state index is 14.4. The van der Waals surface area contributed by atoms with Crippen LogP contribution in [-0.2, 0) is 11.5 Å². The zero-order valence-corrected chi connectivity index (χ0v) is 17.8. The number of imidazole rings is 1. The number of thiazole rings is 1. The molecule has 0 radical (unpaired) electrons. The first-order valence-electron chi connectivity index (χ1n) is 9.29. The topological polar surface area (TPSA) is 104 Å². The van der Waals surface area contributed by atoms with E-state index >= 15 is 0 Å². The van der Waals surface area contributed by atoms with Crippen LogP contribution in [0.1, 0.15) is 35.6 Å². The fourth-order valence-corrected chi connectivity index (χ4v) is 4.65. The third kappa shape index (κ3) is 3.82. The van der Waals surface area contributed by atoms with Crippen molar-refractivity contribution in [2.24, 2.45) is 15.4 Å². The number of ether oxygens (including phenoxy) is 1. The van der Waals surface area contributed by atoms with Crippen molar-refractivity contribution in [1.82, 2.24) is 9.38 Å². The molecular formula is C19H18ClF2N5O3S. The average molecular weight is 470 g/mol. The summed E-state index contributed by atoms with van der Waals surface area (Å²) >= 11 is 7.18. The minimum absolute atomic E-state index is 0.0182. The first-order chi connectivity index (χ1) is 14.8. The number of nitrogens with zero attached hydrogens (tertiary/aromatic N) is 5. The normalized spacial score (nSPS) is 19.4. The van der Waals surface area contributed by atoms with E-state index in [9.17, 15) is 13.9 Å². The molecule has 0 saturated carbocycles. The van der Waals surface area contributed by atoms with Gasteiger partial charge in [-0.3, -0.25) is 4.40 Å². The van der Waals surface area contributed by atoms with E-state index in [0.29, 0.717) is 22.6 Å². The second-order valence-corrected chi connectivity index (χ2v) is 8.48. The number of aliphatic hydroxyl groups is 2. The molecule has 3 heterocycles. The third-order valence-corrected chi connectivity index (χ3v) is 6.43. The minimum atomic E-state index is -3.20. The standard InChI is InChI=1S/C19H18ClF2N5O3S/c1-18(21,22)17-15(27-10-23-8-14(27)31-17)16(29)19(9-24-26-25-19)11-3-4-13(12(20)7-11)30-6-2-5-28/h3-4,7-10,16,28-29H,2,5-6H2,1H3. The molecule has 12 heteroatoms. The molecule has 164 valence electrons. The Morgan fingerprint density at radius 3 is 2.84 bits per heavy atom. The monoisotopic (exact) mass is 469 g/mol. The van der Waals surface area contributed by atoms with E-state index in [0.717, 1.165) is 18.3 Å². The number of hydrogen-bond acceptors (Lipinski definition) is 8. The van der Waals surface area contributed by atoms with Gasteiger partial charge in [0.15, 0.2) is 5.54 Å². The molecule has 2 N–H and O–H groups in total. The zero-order chi connectivity index (χ0) is 22.2. The van der Waals surface area contributed by atoms with Gasteiger partial charge in [0.25, 0.3) is 5.92 Å². The predicted octanol–water partition coefficient (Wildman–Crippen LogP) is 4.30. The highest BCUT2D eigenvalue weighted by atomic mass is 35.5. The Labute approximate surface area is 184 Å². The molecule has 1 aromatic carbocycles. The molecule has 2 unspecified atom stereocenters. The summed E-state index contributed by atoms with van der Waals surface area (Å²) in [6.45, 7) is 1.02. The number of aromatic nitrogens is 2. The fraction of sp³-hybridized carbons (Fsp3) is 0.368. The minimum Gasteiger partial charge on any atom is -0.492 e. The fourth-order valence-electron chi connectivity index (χ4n) is 3.35. The van der Waals surface area contributed by atoms with Gasteiger partial charge in [-0.05, 0) is 22.9 Å². The number of hydrogen-bond donors (Lipinski definition) is 2. The predicted molar refractivity (Wildman–Crippen MR) is 111 cm³/mol. The summed E-state index contributed by atoms with van der Waals surface area (Å²) < 4.78 is 35.7. The Kier molecular flexibility index (Phi) is 5.77. The Morgan fingerprint density at radius 2 is 2.19 bits per heavy atom. The summed E-state index contributed by atoms with van der Waals surface area (Å²) in [5, 5.41) is 32.0. The lowest BCUT2D eigenvalue weighted by Gasteiger charge is -2.29. The quantitative estimate of drug-likeness (QED) is 0.480. The summed E-state index contributed by atoms with van der Waals surface area (Å²) in [4.78, 5) is 4.14. The van der Waals surface area contributed by atoms with Gasteiger partial charge >= 0.3 is 0 Å². The second-order valence-electron chi connectivity index (χ2n) is 7.04. The highest BCUT2D eigenvalue weighted by molar-refractivity contribution is 7.17. The van der Waals surface area contributed by atoms with Crippen LogP contribution in [0.4, 0.5) is 8.78 Å². The molecule has 8 nitrogen and oxygen atoms in total. The number of aliphatic hydroxyl groups excluding tert-OH is 2. The first kappa shape index (κ1) is 21.8. The van der Waals surface area contributed by atoms with E-state index < -0.39 is 17.6 Å². The van der Waals surface area contributed by atoms with E-state index in [1.165, 1.54) is 29.2 Å². The van der Waals surface area contributed by atoms with Gasteiger partial charge in [-0.2, -0.15) is 0 Å². The smallest absolute Gasteiger partial charge is 0.281 e. The number of fused-ring (bicyclic) bond motifs is 1. The lowest BCUT2D eigenvalue weighted by Crippen LogP contribution is -2.34. The van der Waals surface area contributed by atoms with Gasteiger partial charge in [-0.25, -0.2) is 13.8 Å². The van der Waals surface area contributed by atoms with Crippen LogP contribution in [0.5, 0.6) is 5.75 Å². The molecule has 0 spiro atoms. The van der Waals surface area contributed by atoms with Crippen molar-refractivity contribution in [1.29, 1.82) is 0 Å². The second kappa shape index (κ2) is 8.23. The van der Waals surface area contributed by atoms with Crippen molar-refractivity contribution >= 4 is 34.0 Å². The highest BCUT2D eigenvalue weighted by Gasteiger charge is 2.47. The van der Waals surface area contributed by atoms with Crippen molar-refractivity contribution in [3.8, 4) is 5.75 Å². The number of halogens is 3. The molecule has 0 fully saturated rings. The molecule has 3 aromatic rings. The number of rotatable bonds is 8. The van der Waals surface area contributed by atoms with Crippen LogP contribution >= 0.6 is 22.9 Å². The molecule has 1 aliphatic rings. The van der Waals surface area contributed by atoms with Crippen molar-refractivity contribution in [3.05, 3.63) is 51.9 Å². The van der Waals surface area contributed by atoms with Gasteiger partial charge in [0.1, 0.15) is 23.0 Å². The lowest BCUT2D eigenvalue weighted by molar-refractivity contribution is 0.0152. The van der Waals surface area contributed by atoms with Crippen LogP contribution in [0.3, 0.4) is 0 Å². The van der Waals surface area contributed by atoms with Gasteiger partial charge in [0.05, 0.1) is 34.6 Å². The maximum Gasteiger partial charge on any atom is 0.281 e. The Hall–Kier alpha value is -2.47. The van der Waals surface area contributed by atoms with Crippen molar-refractivity contribution < 1.29 is 23.7 Å². The van der Waals surface area contributed by atoms with Crippen LogP contribution < -0.4 is 4.74 Å². The zero-order valence-electron chi connectivity index (χ0n) is 16.2. The molecule has 4 rings (SSSR count). The number of alkyl halides is 2.